The van der Waals surface area contributed by atoms with E-state index in [0.717, 1.165) is 5.56 Å². The number of hydrogen-bond acceptors (Lipinski definition) is 6. The molecule has 3 N–H and O–H groups in total. The molecule has 8 heteroatoms. The lowest BCUT2D eigenvalue weighted by molar-refractivity contribution is -0.268. The smallest absolute Gasteiger partial charge is 0.169 e. The molecular formula is C13H17N3O5. The van der Waals surface area contributed by atoms with Crippen molar-refractivity contribution in [1.29, 1.82) is 0 Å². The Hall–Kier alpha value is -1.67. The van der Waals surface area contributed by atoms with Gasteiger partial charge in [0.25, 0.3) is 0 Å². The summed E-state index contributed by atoms with van der Waals surface area (Å²) in [6.07, 6.45) is -4.75. The lowest BCUT2D eigenvalue weighted by Gasteiger charge is -2.40. The average molecular weight is 295 g/mol. The predicted octanol–water partition coefficient (Wildman–Crippen LogP) is 0.321. The summed E-state index contributed by atoms with van der Waals surface area (Å²) in [5, 5.41) is 32.3. The van der Waals surface area contributed by atoms with Crippen molar-refractivity contribution in [3.05, 3.63) is 46.3 Å². The van der Waals surface area contributed by atoms with Crippen LogP contribution in [-0.4, -0.2) is 52.6 Å². The van der Waals surface area contributed by atoms with E-state index in [1.807, 2.05) is 30.3 Å². The summed E-state index contributed by atoms with van der Waals surface area (Å²) in [6.45, 7) is -0.295. The largest absolute Gasteiger partial charge is 0.394 e. The molecule has 0 bridgehead atoms. The van der Waals surface area contributed by atoms with Gasteiger partial charge >= 0.3 is 0 Å². The molecule has 1 fully saturated rings. The van der Waals surface area contributed by atoms with Crippen LogP contribution >= 0.6 is 0 Å². The van der Waals surface area contributed by atoms with Crippen LogP contribution in [0.1, 0.15) is 5.56 Å². The second-order valence-electron chi connectivity index (χ2n) is 4.70. The quantitative estimate of drug-likeness (QED) is 0.409. The van der Waals surface area contributed by atoms with Gasteiger partial charge in [-0.25, -0.2) is 0 Å². The van der Waals surface area contributed by atoms with Gasteiger partial charge in [0.05, 0.1) is 19.3 Å². The van der Waals surface area contributed by atoms with Gasteiger partial charge in [-0.3, -0.25) is 0 Å². The Bertz CT molecular complexity index is 494. The van der Waals surface area contributed by atoms with E-state index in [2.05, 4.69) is 10.0 Å². The molecule has 8 nitrogen and oxygen atoms in total. The Morgan fingerprint density at radius 1 is 1.24 bits per heavy atom. The number of benzene rings is 1. The van der Waals surface area contributed by atoms with E-state index in [4.69, 9.17) is 20.1 Å². The summed E-state index contributed by atoms with van der Waals surface area (Å²) < 4.78 is 10.9. The van der Waals surface area contributed by atoms with Gasteiger partial charge in [0.1, 0.15) is 18.2 Å². The number of ether oxygens (including phenoxy) is 2. The van der Waals surface area contributed by atoms with Crippen molar-refractivity contribution in [2.45, 2.75) is 37.3 Å². The minimum absolute atomic E-state index is 0.184. The molecule has 1 heterocycles. The molecule has 114 valence electrons. The molecule has 1 aliphatic heterocycles. The molecule has 1 saturated heterocycles. The van der Waals surface area contributed by atoms with E-state index >= 15 is 0 Å². The van der Waals surface area contributed by atoms with Crippen molar-refractivity contribution in [1.82, 2.24) is 0 Å². The highest BCUT2D eigenvalue weighted by Crippen LogP contribution is 2.25. The number of aliphatic hydroxyl groups excluding tert-OH is 3. The lowest BCUT2D eigenvalue weighted by Crippen LogP contribution is -2.58. The Balaban J connectivity index is 2.08. The van der Waals surface area contributed by atoms with Crippen LogP contribution in [0.3, 0.4) is 0 Å². The summed E-state index contributed by atoms with van der Waals surface area (Å²) in [5.74, 6) is 0. The molecule has 0 amide bonds. The van der Waals surface area contributed by atoms with Crippen molar-refractivity contribution in [3.8, 4) is 0 Å². The fraction of sp³-hybridized carbons (Fsp3) is 0.538. The minimum Gasteiger partial charge on any atom is -0.394 e. The summed E-state index contributed by atoms with van der Waals surface area (Å²) in [7, 11) is 0. The molecule has 0 radical (unpaired) electrons. The summed E-state index contributed by atoms with van der Waals surface area (Å²) >= 11 is 0. The van der Waals surface area contributed by atoms with Crippen LogP contribution in [0.25, 0.3) is 10.4 Å². The van der Waals surface area contributed by atoms with E-state index in [1.54, 1.807) is 0 Å². The Kier molecular flexibility index (Phi) is 5.51. The van der Waals surface area contributed by atoms with Crippen molar-refractivity contribution >= 4 is 0 Å². The molecule has 0 saturated carbocycles. The van der Waals surface area contributed by atoms with Crippen LogP contribution in [0.2, 0.25) is 0 Å². The van der Waals surface area contributed by atoms with Crippen molar-refractivity contribution in [2.24, 2.45) is 5.11 Å². The molecule has 0 aromatic heterocycles. The maximum Gasteiger partial charge on any atom is 0.169 e. The first-order chi connectivity index (χ1) is 10.2. The number of aliphatic hydroxyl groups is 3. The zero-order valence-electron chi connectivity index (χ0n) is 11.2. The van der Waals surface area contributed by atoms with Crippen molar-refractivity contribution in [2.75, 3.05) is 6.61 Å². The minimum atomic E-state index is -1.37. The van der Waals surface area contributed by atoms with Gasteiger partial charge in [0.2, 0.25) is 0 Å². The molecule has 1 aliphatic rings. The third-order valence-electron chi connectivity index (χ3n) is 3.29. The molecule has 1 aromatic carbocycles. The number of hydrogen-bond donors (Lipinski definition) is 3. The fourth-order valence-electron chi connectivity index (χ4n) is 2.14. The maximum atomic E-state index is 9.95. The third kappa shape index (κ3) is 3.70. The monoisotopic (exact) mass is 295 g/mol. The van der Waals surface area contributed by atoms with Gasteiger partial charge in [0, 0.05) is 4.91 Å². The highest BCUT2D eigenvalue weighted by Gasteiger charge is 2.44. The molecule has 2 rings (SSSR count). The second kappa shape index (κ2) is 7.37. The Morgan fingerprint density at radius 2 is 1.95 bits per heavy atom. The van der Waals surface area contributed by atoms with E-state index in [-0.39, 0.29) is 6.61 Å². The average Bonchev–Trinajstić information content (AvgIpc) is 2.52. The van der Waals surface area contributed by atoms with Gasteiger partial charge in [-0.2, -0.15) is 0 Å². The molecule has 0 spiro atoms. The molecular weight excluding hydrogens is 278 g/mol. The van der Waals surface area contributed by atoms with E-state index in [9.17, 15) is 10.2 Å². The summed E-state index contributed by atoms with van der Waals surface area (Å²) in [5.41, 5.74) is 9.43. The van der Waals surface area contributed by atoms with Crippen LogP contribution in [-0.2, 0) is 16.1 Å². The first-order valence-corrected chi connectivity index (χ1v) is 6.49. The van der Waals surface area contributed by atoms with E-state index < -0.39 is 37.3 Å². The van der Waals surface area contributed by atoms with Crippen LogP contribution in [0.5, 0.6) is 0 Å². The van der Waals surface area contributed by atoms with Crippen molar-refractivity contribution < 1.29 is 24.8 Å². The molecule has 21 heavy (non-hydrogen) atoms. The first kappa shape index (κ1) is 15.7. The number of azide groups is 1. The van der Waals surface area contributed by atoms with Crippen molar-refractivity contribution in [3.63, 3.8) is 0 Å². The van der Waals surface area contributed by atoms with Gasteiger partial charge in [0.15, 0.2) is 6.29 Å². The van der Waals surface area contributed by atoms with Gasteiger partial charge in [-0.05, 0) is 11.1 Å². The van der Waals surface area contributed by atoms with Gasteiger partial charge in [-0.15, -0.1) is 0 Å². The van der Waals surface area contributed by atoms with Gasteiger partial charge < -0.3 is 24.8 Å². The molecule has 5 atom stereocenters. The summed E-state index contributed by atoms with van der Waals surface area (Å²) in [4.78, 5) is 2.63. The second-order valence-corrected chi connectivity index (χ2v) is 4.70. The fourth-order valence-corrected chi connectivity index (χ4v) is 2.14. The van der Waals surface area contributed by atoms with Crippen LogP contribution < -0.4 is 0 Å². The highest BCUT2D eigenvalue weighted by molar-refractivity contribution is 5.13. The maximum absolute atomic E-state index is 9.95. The third-order valence-corrected chi connectivity index (χ3v) is 3.29. The van der Waals surface area contributed by atoms with Gasteiger partial charge in [-0.1, -0.05) is 35.4 Å². The standard InChI is InChI=1S/C13H17N3O5/c14-16-15-10-12(19)11(18)9(6-17)21-13(10)20-7-8-4-2-1-3-5-8/h1-5,9-13,17-19H,6-7H2/t9?,10-,11+,12+,13-/m0/s1. The SMILES string of the molecule is [N-]=[N+]=N[C@@H]1[C@@H](OCc2ccccc2)OC(CO)[C@@H](O)[C@@H]1O. The Morgan fingerprint density at radius 3 is 2.57 bits per heavy atom. The zero-order valence-corrected chi connectivity index (χ0v) is 11.2. The zero-order chi connectivity index (χ0) is 15.2. The van der Waals surface area contributed by atoms with Crippen LogP contribution in [0.4, 0.5) is 0 Å². The predicted molar refractivity (Wildman–Crippen MR) is 71.9 cm³/mol. The molecule has 1 unspecified atom stereocenters. The number of rotatable bonds is 5. The first-order valence-electron chi connectivity index (χ1n) is 6.49. The normalized spacial score (nSPS) is 32.4. The highest BCUT2D eigenvalue weighted by atomic mass is 16.7. The number of nitrogens with zero attached hydrogens (tertiary/aromatic N) is 3. The lowest BCUT2D eigenvalue weighted by atomic mass is 9.98. The Labute approximate surface area is 121 Å². The van der Waals surface area contributed by atoms with E-state index in [1.165, 1.54) is 0 Å². The van der Waals surface area contributed by atoms with Crippen LogP contribution in [0, 0.1) is 0 Å². The van der Waals surface area contributed by atoms with Crippen LogP contribution in [0.15, 0.2) is 35.4 Å². The molecule has 1 aromatic rings. The topological polar surface area (TPSA) is 128 Å². The summed E-state index contributed by atoms with van der Waals surface area (Å²) in [6, 6.07) is 8.17. The molecule has 0 aliphatic carbocycles. The van der Waals surface area contributed by atoms with E-state index in [0.29, 0.717) is 0 Å².